The molecule has 702 valence electrons. The minimum Gasteiger partial charge on any atom is -0.508 e. The van der Waals surface area contributed by atoms with Crippen molar-refractivity contribution in [3.8, 4) is 11.5 Å². The molecule has 15 N–H and O–H groups in total. The van der Waals surface area contributed by atoms with Gasteiger partial charge in [0.05, 0.1) is 31.8 Å². The molecule has 2 heterocycles. The number of H-pyrrole nitrogens is 1. The number of para-hydroxylation sites is 1. The molecule has 15 amide bonds. The number of hydrogen-bond acceptors (Lipinski definition) is 19. The molecule has 6 aromatic carbocycles. The molecule has 1 aliphatic heterocycles. The molecule has 1 aromatic heterocycles. The molecule has 1 saturated heterocycles. The van der Waals surface area contributed by atoms with Crippen LogP contribution < -0.4 is 53.6 Å². The summed E-state index contributed by atoms with van der Waals surface area (Å²) in [7, 11) is 6.54. The van der Waals surface area contributed by atoms with Gasteiger partial charge in [-0.25, -0.2) is 0 Å². The van der Waals surface area contributed by atoms with Gasteiger partial charge >= 0.3 is 5.97 Å². The predicted octanol–water partition coefficient (Wildman–Crippen LogP) is 3.11. The Bertz CT molecular complexity index is 5160. The van der Waals surface area contributed by atoms with E-state index in [-0.39, 0.29) is 68.8 Å². The smallest absolute Gasteiger partial charge is 0.305 e. The minimum atomic E-state index is -1.91. The Morgan fingerprint density at radius 2 is 0.901 bits per heavy atom. The number of benzene rings is 6. The van der Waals surface area contributed by atoms with Crippen molar-refractivity contribution in [1.82, 2.24) is 77.3 Å². The molecule has 36 heteroatoms. The zero-order chi connectivity index (χ0) is 96.1. The predicted molar refractivity (Wildman–Crippen MR) is 491 cm³/mol. The van der Waals surface area contributed by atoms with Crippen molar-refractivity contribution < 1.29 is 92.0 Å². The normalized spacial score (nSPS) is 22.2. The van der Waals surface area contributed by atoms with E-state index in [9.17, 15) is 48.9 Å². The Morgan fingerprint density at radius 3 is 1.43 bits per heavy atom. The standard InChI is InChI=1S/C95H122N16O19S/c1-13-14-34-74-92(128)108(9)54-79(116)100-71(50-81(118)119)86(122)105-82(57(4)5)94(130)110(11)75(47-59-28-20-16-21-29-59)88(124)104-72(46-62-37-41-65(113)42-38-62)90(126)107(8)53-78(115)99-70(49-63-51-97-67-33-25-24-32-66(63)67)85(121)103-69(44-61-35-39-64(112)40-36-61)84(120)102-68(43-56(2)3)87(123)106-83(89(125)98-52-77(96)114)95(6,7)131-55-80(117)101-73(45-58-26-18-15-19-27-58)91(127)111(12)76(93(129)109(74)10)48-60-30-22-17-23-31-60/h15-33,35-42,51,56-57,68-76,82-83,97,112-113H,13-14,34,43-50,52-55H2,1-12H3,(H2,96,114)(H,98,125)(H,99,115)(H,100,116)(H,101,117)(H,102,120)(H,103,121)(H,104,124)(H,105,122)(H,106,123)(H,118,119). The zero-order valence-electron chi connectivity index (χ0n) is 75.9. The number of amides is 15. The SMILES string of the molecule is CCCCC1C(=O)N(C)CC(=O)NC(CC(=O)O)C(=O)NC(C(C)C)C(=O)N(C)C(Cc2ccccc2)C(=O)NC(Cc2ccc(O)cc2)C(=O)N(C)CC(=O)NC(Cc2c[nH]c3ccccc23)C(=O)NC(Cc2ccc(O)cc2)C(=O)NC(CC(C)C)C(=O)NC(C(=O)NCC(N)=O)C(C)(C)SCC(=O)NC(Cc2ccccc2)C(=O)N(C)C(Cc2ccccc2)C(=O)N1C. The van der Waals surface area contributed by atoms with E-state index < -0.39 is 204 Å². The number of phenols is 2. The second-order valence-corrected chi connectivity index (χ2v) is 35.9. The first kappa shape index (κ1) is 103. The van der Waals surface area contributed by atoms with Crippen molar-refractivity contribution in [3.05, 3.63) is 203 Å². The number of primary amides is 1. The molecule has 11 atom stereocenters. The number of aromatic amines is 1. The number of carbonyl (C=O) groups excluding carboxylic acids is 15. The van der Waals surface area contributed by atoms with E-state index in [0.717, 1.165) is 26.5 Å². The van der Waals surface area contributed by atoms with Gasteiger partial charge in [-0.2, -0.15) is 0 Å². The summed E-state index contributed by atoms with van der Waals surface area (Å²) in [6.07, 6.45) is 0.0380. The number of aromatic hydroxyl groups is 2. The van der Waals surface area contributed by atoms with Gasteiger partial charge in [-0.15, -0.1) is 11.8 Å². The van der Waals surface area contributed by atoms with Crippen LogP contribution in [0.15, 0.2) is 170 Å². The Balaban J connectivity index is 1.23. The lowest BCUT2D eigenvalue weighted by Gasteiger charge is -2.37. The quantitative estimate of drug-likeness (QED) is 0.0437. The number of aromatic nitrogens is 1. The maximum absolute atomic E-state index is 15.6. The summed E-state index contributed by atoms with van der Waals surface area (Å²) in [5.74, 6) is -17.2. The average Bonchev–Trinajstić information content (AvgIpc) is 1.03. The van der Waals surface area contributed by atoms with Crippen LogP contribution >= 0.6 is 11.8 Å². The summed E-state index contributed by atoms with van der Waals surface area (Å²) in [6.45, 7) is 9.20. The maximum Gasteiger partial charge on any atom is 0.305 e. The summed E-state index contributed by atoms with van der Waals surface area (Å²) >= 11 is 0.854. The van der Waals surface area contributed by atoms with E-state index in [1.165, 1.54) is 107 Å². The lowest BCUT2D eigenvalue weighted by Crippen LogP contribution is -2.62. The Hall–Kier alpha value is -13.7. The van der Waals surface area contributed by atoms with E-state index in [0.29, 0.717) is 57.1 Å². The summed E-state index contributed by atoms with van der Waals surface area (Å²) in [5.41, 5.74) is 9.17. The van der Waals surface area contributed by atoms with E-state index in [2.05, 4.69) is 52.8 Å². The summed E-state index contributed by atoms with van der Waals surface area (Å²) < 4.78 is -1.54. The fourth-order valence-electron chi connectivity index (χ4n) is 15.3. The van der Waals surface area contributed by atoms with Gasteiger partial charge in [-0.1, -0.05) is 181 Å². The summed E-state index contributed by atoms with van der Waals surface area (Å²) in [6, 6.07) is 27.1. The van der Waals surface area contributed by atoms with Crippen molar-refractivity contribution in [2.75, 3.05) is 60.6 Å². The molecule has 8 rings (SSSR count). The number of thioether (sulfide) groups is 1. The van der Waals surface area contributed by atoms with Gasteiger partial charge in [0.25, 0.3) is 0 Å². The molecule has 35 nitrogen and oxygen atoms in total. The lowest BCUT2D eigenvalue weighted by molar-refractivity contribution is -0.151. The summed E-state index contributed by atoms with van der Waals surface area (Å²) in [5, 5.41) is 55.9. The van der Waals surface area contributed by atoms with Gasteiger partial charge in [0, 0.05) is 95.6 Å². The molecule has 0 spiro atoms. The third-order valence-corrected chi connectivity index (χ3v) is 24.1. The second-order valence-electron chi connectivity index (χ2n) is 34.3. The van der Waals surface area contributed by atoms with E-state index in [4.69, 9.17) is 5.73 Å². The molecule has 11 unspecified atom stereocenters. The van der Waals surface area contributed by atoms with Gasteiger partial charge < -0.3 is 98.4 Å². The largest absolute Gasteiger partial charge is 0.508 e. The van der Waals surface area contributed by atoms with E-state index in [1.54, 1.807) is 149 Å². The fraction of sp³-hybridized carbons (Fsp3) is 0.432. The fourth-order valence-corrected chi connectivity index (χ4v) is 16.3. The number of fused-ring (bicyclic) bond motifs is 1. The lowest BCUT2D eigenvalue weighted by atomic mass is 9.98. The molecular formula is C95H122N16O19S. The molecule has 0 aliphatic carbocycles. The first-order valence-electron chi connectivity index (χ1n) is 43.5. The van der Waals surface area contributed by atoms with Crippen LogP contribution in [0.1, 0.15) is 114 Å². The van der Waals surface area contributed by atoms with Crippen molar-refractivity contribution in [1.29, 1.82) is 0 Å². The molecule has 0 saturated carbocycles. The van der Waals surface area contributed by atoms with Crippen LogP contribution in [0, 0.1) is 11.8 Å². The maximum atomic E-state index is 15.6. The van der Waals surface area contributed by atoms with Crippen LogP contribution in [-0.4, -0.2) is 271 Å². The Labute approximate surface area is 766 Å². The molecule has 1 fully saturated rings. The van der Waals surface area contributed by atoms with Crippen molar-refractivity contribution in [2.45, 2.75) is 190 Å². The number of nitrogens with two attached hydrogens (primary N) is 1. The molecule has 0 bridgehead atoms. The van der Waals surface area contributed by atoms with Gasteiger partial charge in [-0.05, 0) is 102 Å². The Kier molecular flexibility index (Phi) is 38.2. The number of unbranched alkanes of at least 4 members (excludes halogenated alkanes) is 1. The number of carboxylic acid groups (broad SMARTS) is 1. The van der Waals surface area contributed by atoms with Gasteiger partial charge in [-0.3, -0.25) is 76.7 Å². The zero-order valence-corrected chi connectivity index (χ0v) is 76.7. The van der Waals surface area contributed by atoms with Gasteiger partial charge in [0.1, 0.15) is 78.0 Å². The number of rotatable bonds is 23. The highest BCUT2D eigenvalue weighted by Gasteiger charge is 2.44. The number of carbonyl (C=O) groups is 16. The highest BCUT2D eigenvalue weighted by Crippen LogP contribution is 2.30. The van der Waals surface area contributed by atoms with Crippen LogP contribution in [-0.2, 0) is 115 Å². The number of aliphatic carboxylic acids is 1. The number of phenolic OH excluding ortho intramolecular Hbond substituents is 2. The topological polar surface area (TPSA) is 500 Å². The van der Waals surface area contributed by atoms with Gasteiger partial charge in [0.15, 0.2) is 0 Å². The molecule has 1 aliphatic rings. The highest BCUT2D eigenvalue weighted by molar-refractivity contribution is 8.01. The van der Waals surface area contributed by atoms with Crippen LogP contribution in [0.5, 0.6) is 11.5 Å². The van der Waals surface area contributed by atoms with Crippen molar-refractivity contribution >= 4 is 117 Å². The number of likely N-dealkylation sites (N-methyl/N-ethyl adjacent to an activating group) is 5. The van der Waals surface area contributed by atoms with Crippen molar-refractivity contribution in [3.63, 3.8) is 0 Å². The third-order valence-electron chi connectivity index (χ3n) is 22.7. The van der Waals surface area contributed by atoms with Crippen molar-refractivity contribution in [2.24, 2.45) is 17.6 Å². The van der Waals surface area contributed by atoms with E-state index >= 15 is 43.2 Å². The first-order valence-corrected chi connectivity index (χ1v) is 44.4. The third kappa shape index (κ3) is 30.5. The van der Waals surface area contributed by atoms with Crippen LogP contribution in [0.4, 0.5) is 0 Å². The van der Waals surface area contributed by atoms with Crippen LogP contribution in [0.2, 0.25) is 0 Å². The van der Waals surface area contributed by atoms with E-state index in [1.807, 2.05) is 6.92 Å². The number of nitrogens with zero attached hydrogens (tertiary/aromatic N) is 5. The molecular weight excluding hydrogens is 1700 g/mol. The van der Waals surface area contributed by atoms with Crippen LogP contribution in [0.25, 0.3) is 10.9 Å². The van der Waals surface area contributed by atoms with Crippen LogP contribution in [0.3, 0.4) is 0 Å². The Morgan fingerprint density at radius 1 is 0.466 bits per heavy atom. The number of carboxylic acids is 1. The monoisotopic (exact) mass is 1820 g/mol. The summed E-state index contributed by atoms with van der Waals surface area (Å²) in [4.78, 5) is 245. The second kappa shape index (κ2) is 48.7. The number of hydrogen-bond donors (Lipinski definition) is 14. The number of nitrogens with one attached hydrogen (secondary N) is 10. The molecule has 0 radical (unpaired) electrons. The minimum absolute atomic E-state index is 0.0263. The molecule has 131 heavy (non-hydrogen) atoms. The average molecular weight is 1820 g/mol. The van der Waals surface area contributed by atoms with Gasteiger partial charge in [0.2, 0.25) is 88.6 Å². The molecule has 7 aromatic rings. The first-order chi connectivity index (χ1) is 62.1. The highest BCUT2D eigenvalue weighted by atomic mass is 32.2.